The van der Waals surface area contributed by atoms with E-state index in [1.165, 1.54) is 45.1 Å². The Morgan fingerprint density at radius 3 is 1.97 bits per heavy atom. The van der Waals surface area contributed by atoms with Crippen LogP contribution in [0.2, 0.25) is 0 Å². The summed E-state index contributed by atoms with van der Waals surface area (Å²) in [5.74, 6) is 1.41. The van der Waals surface area contributed by atoms with Crippen LogP contribution < -0.4 is 0 Å². The minimum atomic E-state index is -2.09. The molecule has 7 aromatic carbocycles. The van der Waals surface area contributed by atoms with Gasteiger partial charge in [-0.2, -0.15) is 0 Å². The van der Waals surface area contributed by atoms with Gasteiger partial charge in [-0.1, -0.05) is 157 Å². The zero-order valence-corrected chi connectivity index (χ0v) is 39.7. The van der Waals surface area contributed by atoms with Gasteiger partial charge in [-0.3, -0.25) is 4.98 Å². The Kier molecular flexibility index (Phi) is 11.6. The molecule has 0 fully saturated rings. The van der Waals surface area contributed by atoms with Gasteiger partial charge in [-0.05, 0) is 98.3 Å². The Morgan fingerprint density at radius 2 is 1.33 bits per heavy atom. The summed E-state index contributed by atoms with van der Waals surface area (Å²) in [6, 6.07) is 60.4. The number of nitrogens with zero attached hydrogens (tertiary/aromatic N) is 3. The molecule has 0 aliphatic rings. The summed E-state index contributed by atoms with van der Waals surface area (Å²) in [6.45, 7) is 13.5. The van der Waals surface area contributed by atoms with E-state index in [1.807, 2.05) is 24.3 Å². The summed E-state index contributed by atoms with van der Waals surface area (Å²) in [6.07, 6.45) is 1.78. The normalized spacial score (nSPS) is 12.5. The topological polar surface area (TPSA) is 43.9 Å². The molecule has 5 heteroatoms. The van der Waals surface area contributed by atoms with Crippen molar-refractivity contribution >= 4 is 33.0 Å². The summed E-state index contributed by atoms with van der Waals surface area (Å²) in [5, 5.41) is 2.15. The molecule has 0 aliphatic heterocycles. The van der Waals surface area contributed by atoms with Crippen molar-refractivity contribution in [2.75, 3.05) is 0 Å². The number of fused-ring (bicyclic) bond motifs is 4. The van der Waals surface area contributed by atoms with Crippen LogP contribution in [-0.2, 0) is 25.5 Å². The van der Waals surface area contributed by atoms with Crippen LogP contribution in [-0.4, -0.2) is 14.5 Å². The average molecular weight is 1020 g/mol. The Labute approximate surface area is 395 Å². The SMILES string of the molecule is CC(C)c1cc(-c2ccccc2)cc(C(C)C)c1-n1c(-c2[c-]ccc3c2oc2cc(-c4ccccc4)ccc23)nc2ccccc21.[2H]C([2H])([2H])c1c[c-]c(-c2cc(C(C)(C)C)ccn2)cc1.[Ir]. The van der Waals surface area contributed by atoms with Crippen molar-refractivity contribution in [3.63, 3.8) is 0 Å². The van der Waals surface area contributed by atoms with Crippen molar-refractivity contribution in [2.24, 2.45) is 0 Å². The van der Waals surface area contributed by atoms with E-state index in [1.54, 1.807) is 18.3 Å². The third-order valence-electron chi connectivity index (χ3n) is 11.8. The fraction of sp³-hybridized carbons (Fsp3) is 0.186. The Bertz CT molecular complexity index is 3300. The largest absolute Gasteiger partial charge is 0.501 e. The second kappa shape index (κ2) is 18.4. The van der Waals surface area contributed by atoms with Gasteiger partial charge in [0.05, 0.1) is 22.4 Å². The predicted octanol–water partition coefficient (Wildman–Crippen LogP) is 16.1. The van der Waals surface area contributed by atoms with Crippen molar-refractivity contribution in [1.82, 2.24) is 14.5 Å². The van der Waals surface area contributed by atoms with Crippen LogP contribution in [0.3, 0.4) is 0 Å². The van der Waals surface area contributed by atoms with Crippen LogP contribution in [0.1, 0.15) is 86.7 Å². The first-order chi connectivity index (χ1) is 31.7. The molecular formula is C59H53IrN3O-2. The van der Waals surface area contributed by atoms with Gasteiger partial charge in [-0.25, -0.2) is 0 Å². The van der Waals surface area contributed by atoms with Gasteiger partial charge >= 0.3 is 0 Å². The molecule has 10 aromatic rings. The summed E-state index contributed by atoms with van der Waals surface area (Å²) in [5.41, 5.74) is 16.2. The fourth-order valence-electron chi connectivity index (χ4n) is 8.38. The van der Waals surface area contributed by atoms with Gasteiger partial charge in [0.15, 0.2) is 0 Å². The number of aryl methyl sites for hydroxylation is 1. The third kappa shape index (κ3) is 8.76. The van der Waals surface area contributed by atoms with Crippen molar-refractivity contribution in [2.45, 2.75) is 72.6 Å². The smallest absolute Gasteiger partial charge is 0.121 e. The van der Waals surface area contributed by atoms with Crippen molar-refractivity contribution in [3.8, 4) is 50.6 Å². The van der Waals surface area contributed by atoms with Gasteiger partial charge < -0.3 is 14.0 Å². The summed E-state index contributed by atoms with van der Waals surface area (Å²) < 4.78 is 31.2. The van der Waals surface area contributed by atoms with E-state index < -0.39 is 6.85 Å². The Balaban J connectivity index is 0.000000244. The molecular weight excluding hydrogens is 959 g/mol. The van der Waals surface area contributed by atoms with E-state index >= 15 is 0 Å². The molecule has 0 bridgehead atoms. The first-order valence-electron chi connectivity index (χ1n) is 23.3. The number of furan rings is 1. The van der Waals surface area contributed by atoms with Crippen LogP contribution >= 0.6 is 0 Å². The number of para-hydroxylation sites is 2. The number of pyridine rings is 1. The fourth-order valence-corrected chi connectivity index (χ4v) is 8.38. The maximum atomic E-state index is 7.36. The molecule has 0 saturated heterocycles. The molecule has 64 heavy (non-hydrogen) atoms. The number of hydrogen-bond donors (Lipinski definition) is 0. The standard InChI is InChI=1S/C43H35N2O.C16H18N.Ir/c1-27(2)36-24-32(30-16-9-6-10-17-30)25-37(28(3)4)41(36)45-39-21-12-11-20-38(39)44-43(45)35-19-13-18-34-33-23-22-31(26-40(33)46-42(34)35)29-14-7-5-8-15-29;1-12-5-7-13(8-6-12)15-11-14(9-10-17-15)16(2,3)4;/h5-18,20-28H,1-4H3;5-7,9-11H,1-4H3;/q2*-1;/i;1D3;. The van der Waals surface area contributed by atoms with Crippen LogP contribution in [0.4, 0.5) is 0 Å². The molecule has 0 N–H and O–H groups in total. The zero-order chi connectivity index (χ0) is 46.3. The molecule has 4 nitrogen and oxygen atoms in total. The molecule has 0 aliphatic carbocycles. The van der Waals surface area contributed by atoms with E-state index in [0.717, 1.165) is 61.2 Å². The van der Waals surface area contributed by atoms with Gasteiger partial charge in [0.1, 0.15) is 5.58 Å². The quantitative estimate of drug-likeness (QED) is 0.149. The van der Waals surface area contributed by atoms with Crippen LogP contribution in [0.5, 0.6) is 0 Å². The molecule has 10 rings (SSSR count). The zero-order valence-electron chi connectivity index (χ0n) is 40.3. The first-order valence-corrected chi connectivity index (χ1v) is 21.8. The van der Waals surface area contributed by atoms with Gasteiger partial charge in [0.25, 0.3) is 0 Å². The molecule has 3 aromatic heterocycles. The molecule has 3 heterocycles. The molecule has 0 unspecified atom stereocenters. The van der Waals surface area contributed by atoms with Crippen molar-refractivity contribution in [3.05, 3.63) is 198 Å². The molecule has 0 amide bonds. The van der Waals surface area contributed by atoms with E-state index in [9.17, 15) is 0 Å². The minimum absolute atomic E-state index is 0. The summed E-state index contributed by atoms with van der Waals surface area (Å²) in [4.78, 5) is 9.64. The van der Waals surface area contributed by atoms with Crippen LogP contribution in [0, 0.1) is 19.0 Å². The summed E-state index contributed by atoms with van der Waals surface area (Å²) >= 11 is 0. The van der Waals surface area contributed by atoms with Gasteiger partial charge in [0, 0.05) is 41.5 Å². The van der Waals surface area contributed by atoms with E-state index in [-0.39, 0.29) is 37.4 Å². The number of hydrogen-bond acceptors (Lipinski definition) is 3. The predicted molar refractivity (Wildman–Crippen MR) is 264 cm³/mol. The summed E-state index contributed by atoms with van der Waals surface area (Å²) in [7, 11) is 0. The average Bonchev–Trinajstić information content (AvgIpc) is 3.90. The maximum Gasteiger partial charge on any atom is 0.121 e. The monoisotopic (exact) mass is 1020 g/mol. The van der Waals surface area contributed by atoms with Crippen molar-refractivity contribution < 1.29 is 28.6 Å². The Morgan fingerprint density at radius 1 is 0.656 bits per heavy atom. The number of imidazole rings is 1. The molecule has 1 radical (unpaired) electrons. The first kappa shape index (κ1) is 40.4. The second-order valence-corrected chi connectivity index (χ2v) is 17.9. The molecule has 0 spiro atoms. The third-order valence-corrected chi connectivity index (χ3v) is 11.8. The van der Waals surface area contributed by atoms with Crippen LogP contribution in [0.15, 0.2) is 168 Å². The number of rotatable bonds is 7. The van der Waals surface area contributed by atoms with E-state index in [0.29, 0.717) is 5.56 Å². The van der Waals surface area contributed by atoms with Gasteiger partial charge in [-0.15, -0.1) is 53.6 Å². The van der Waals surface area contributed by atoms with Crippen LogP contribution in [0.25, 0.3) is 83.6 Å². The number of benzene rings is 7. The number of aromatic nitrogens is 3. The maximum absolute atomic E-state index is 7.36. The van der Waals surface area contributed by atoms with E-state index in [4.69, 9.17) is 13.5 Å². The van der Waals surface area contributed by atoms with Gasteiger partial charge in [0.2, 0.25) is 0 Å². The Hall–Kier alpha value is -6.39. The molecule has 0 saturated carbocycles. The van der Waals surface area contributed by atoms with Crippen molar-refractivity contribution in [1.29, 1.82) is 0 Å². The van der Waals surface area contributed by atoms with E-state index in [2.05, 4.69) is 185 Å². The molecule has 0 atom stereocenters. The second-order valence-electron chi connectivity index (χ2n) is 17.9. The minimum Gasteiger partial charge on any atom is -0.501 e. The molecule has 321 valence electrons.